The Morgan fingerprint density at radius 2 is 1.59 bits per heavy atom. The van der Waals surface area contributed by atoms with Crippen LogP contribution in [0.2, 0.25) is 0 Å². The van der Waals surface area contributed by atoms with Crippen molar-refractivity contribution >= 4 is 51.5 Å². The number of amides is 1. The van der Waals surface area contributed by atoms with E-state index in [1.165, 1.54) is 0 Å². The van der Waals surface area contributed by atoms with Crippen molar-refractivity contribution in [3.8, 4) is 0 Å². The molecule has 1 heterocycles. The van der Waals surface area contributed by atoms with Crippen LogP contribution in [0.25, 0.3) is 0 Å². The van der Waals surface area contributed by atoms with Gasteiger partial charge in [-0.05, 0) is 85.0 Å². The third-order valence-corrected chi connectivity index (χ3v) is 4.44. The number of halogens is 1. The number of carbonyl (C=O) groups is 1. The molecule has 3 aromatic rings. The number of aryl methyl sites for hydroxylation is 1. The van der Waals surface area contributed by atoms with Gasteiger partial charge < -0.3 is 16.0 Å². The molecule has 1 aromatic heterocycles. The summed E-state index contributed by atoms with van der Waals surface area (Å²) < 4.78 is 1.09. The van der Waals surface area contributed by atoms with Gasteiger partial charge in [0.2, 0.25) is 0 Å². The number of hydrogen-bond acceptors (Lipinski definition) is 5. The van der Waals surface area contributed by atoms with E-state index in [0.29, 0.717) is 17.2 Å². The molecule has 0 atom stereocenters. The molecule has 0 saturated carbocycles. The van der Waals surface area contributed by atoms with Crippen molar-refractivity contribution in [1.82, 2.24) is 9.97 Å². The Labute approximate surface area is 172 Å². The maximum atomic E-state index is 12.3. The van der Waals surface area contributed by atoms with Crippen LogP contribution in [0.1, 0.15) is 23.1 Å². The Bertz CT molecular complexity index is 926. The number of aromatic nitrogens is 2. The minimum Gasteiger partial charge on any atom is -0.370 e. The van der Waals surface area contributed by atoms with E-state index in [1.54, 1.807) is 0 Å². The number of nitrogens with zero attached hydrogens (tertiary/aromatic N) is 2. The zero-order valence-corrected chi connectivity index (χ0v) is 17.2. The second-order valence-electron chi connectivity index (χ2n) is 5.88. The van der Waals surface area contributed by atoms with E-state index in [9.17, 15) is 4.79 Å². The first-order chi connectivity index (χ1) is 13.0. The average molecular weight is 473 g/mol. The standard InChI is InChI=1S/C20H20IN5O/c1-3-22-18-12-19(24-13(2)23-18)25-16-8-10-17(11-9-16)26-20(27)14-4-6-15(21)7-5-14/h4-12H,3H2,1-2H3,(H,26,27)(H2,22,23,24,25). The third kappa shape index (κ3) is 5.40. The Hall–Kier alpha value is -2.68. The van der Waals surface area contributed by atoms with Gasteiger partial charge in [-0.25, -0.2) is 9.97 Å². The van der Waals surface area contributed by atoms with Crippen LogP contribution in [0.3, 0.4) is 0 Å². The molecule has 6 nitrogen and oxygen atoms in total. The summed E-state index contributed by atoms with van der Waals surface area (Å²) in [6, 6.07) is 16.8. The highest BCUT2D eigenvalue weighted by atomic mass is 127. The predicted octanol–water partition coefficient (Wildman–Crippen LogP) is 4.82. The van der Waals surface area contributed by atoms with Crippen LogP contribution in [0.15, 0.2) is 54.6 Å². The van der Waals surface area contributed by atoms with Crippen molar-refractivity contribution in [2.45, 2.75) is 13.8 Å². The van der Waals surface area contributed by atoms with Crippen LogP contribution < -0.4 is 16.0 Å². The van der Waals surface area contributed by atoms with Gasteiger partial charge in [0.05, 0.1) is 0 Å². The zero-order valence-electron chi connectivity index (χ0n) is 15.1. The maximum absolute atomic E-state index is 12.3. The number of hydrogen-bond donors (Lipinski definition) is 3. The van der Waals surface area contributed by atoms with Gasteiger partial charge in [0.25, 0.3) is 5.91 Å². The lowest BCUT2D eigenvalue weighted by Gasteiger charge is -2.10. The second kappa shape index (κ2) is 8.81. The van der Waals surface area contributed by atoms with E-state index in [4.69, 9.17) is 0 Å². The highest BCUT2D eigenvalue weighted by Crippen LogP contribution is 2.20. The van der Waals surface area contributed by atoms with Gasteiger partial charge >= 0.3 is 0 Å². The van der Waals surface area contributed by atoms with Crippen LogP contribution in [-0.2, 0) is 0 Å². The smallest absolute Gasteiger partial charge is 0.255 e. The van der Waals surface area contributed by atoms with Crippen LogP contribution in [0.4, 0.5) is 23.0 Å². The van der Waals surface area contributed by atoms with Crippen LogP contribution in [-0.4, -0.2) is 22.4 Å². The molecule has 7 heteroatoms. The molecule has 2 aromatic carbocycles. The fraction of sp³-hybridized carbons (Fsp3) is 0.150. The molecule has 0 bridgehead atoms. The lowest BCUT2D eigenvalue weighted by molar-refractivity contribution is 0.102. The van der Waals surface area contributed by atoms with E-state index in [2.05, 4.69) is 48.5 Å². The quantitative estimate of drug-likeness (QED) is 0.448. The summed E-state index contributed by atoms with van der Waals surface area (Å²) in [5, 5.41) is 9.34. The number of anilines is 4. The first-order valence-corrected chi connectivity index (χ1v) is 9.65. The molecule has 0 aliphatic carbocycles. The third-order valence-electron chi connectivity index (χ3n) is 3.72. The zero-order chi connectivity index (χ0) is 19.2. The molecule has 0 radical (unpaired) electrons. The van der Waals surface area contributed by atoms with Gasteiger partial charge in [-0.15, -0.1) is 0 Å². The first kappa shape index (κ1) is 19.1. The van der Waals surface area contributed by atoms with Gasteiger partial charge in [0.15, 0.2) is 0 Å². The minimum absolute atomic E-state index is 0.131. The number of rotatable bonds is 6. The normalized spacial score (nSPS) is 10.3. The maximum Gasteiger partial charge on any atom is 0.255 e. The molecule has 3 N–H and O–H groups in total. The van der Waals surface area contributed by atoms with Crippen LogP contribution >= 0.6 is 22.6 Å². The monoisotopic (exact) mass is 473 g/mol. The largest absolute Gasteiger partial charge is 0.370 e. The van der Waals surface area contributed by atoms with Crippen LogP contribution in [0.5, 0.6) is 0 Å². The molecule has 0 fully saturated rings. The van der Waals surface area contributed by atoms with E-state index >= 15 is 0 Å². The van der Waals surface area contributed by atoms with Crippen LogP contribution in [0, 0.1) is 10.5 Å². The predicted molar refractivity (Wildman–Crippen MR) is 118 cm³/mol. The molecule has 0 unspecified atom stereocenters. The van der Waals surface area contributed by atoms with Crippen molar-refractivity contribution < 1.29 is 4.79 Å². The molecule has 0 saturated heterocycles. The summed E-state index contributed by atoms with van der Waals surface area (Å²) in [5.74, 6) is 2.06. The fourth-order valence-corrected chi connectivity index (χ4v) is 2.85. The second-order valence-corrected chi connectivity index (χ2v) is 7.12. The average Bonchev–Trinajstić information content (AvgIpc) is 2.64. The number of benzene rings is 2. The summed E-state index contributed by atoms with van der Waals surface area (Å²) >= 11 is 2.21. The Balaban J connectivity index is 1.67. The number of carbonyl (C=O) groups excluding carboxylic acids is 1. The van der Waals surface area contributed by atoms with Crippen molar-refractivity contribution in [1.29, 1.82) is 0 Å². The van der Waals surface area contributed by atoms with Gasteiger partial charge in [0.1, 0.15) is 17.5 Å². The molecule has 138 valence electrons. The molecule has 27 heavy (non-hydrogen) atoms. The topological polar surface area (TPSA) is 78.9 Å². The molecule has 0 spiro atoms. The summed E-state index contributed by atoms with van der Waals surface area (Å²) in [6.45, 7) is 4.67. The molecule has 0 aliphatic rings. The molecular weight excluding hydrogens is 453 g/mol. The Morgan fingerprint density at radius 3 is 2.26 bits per heavy atom. The van der Waals surface area contributed by atoms with E-state index in [1.807, 2.05) is 68.4 Å². The summed E-state index contributed by atoms with van der Waals surface area (Å²) in [6.07, 6.45) is 0. The van der Waals surface area contributed by atoms with Crippen molar-refractivity contribution in [3.05, 3.63) is 69.6 Å². The van der Waals surface area contributed by atoms with Gasteiger partial charge in [-0.2, -0.15) is 0 Å². The molecular formula is C20H20IN5O. The number of nitrogens with one attached hydrogen (secondary N) is 3. The SMILES string of the molecule is CCNc1cc(Nc2ccc(NC(=O)c3ccc(I)cc3)cc2)nc(C)n1. The summed E-state index contributed by atoms with van der Waals surface area (Å²) in [4.78, 5) is 21.0. The Kier molecular flexibility index (Phi) is 6.23. The Morgan fingerprint density at radius 1 is 0.963 bits per heavy atom. The molecule has 3 rings (SSSR count). The summed E-state index contributed by atoms with van der Waals surface area (Å²) in [5.41, 5.74) is 2.24. The highest BCUT2D eigenvalue weighted by molar-refractivity contribution is 14.1. The minimum atomic E-state index is -0.131. The van der Waals surface area contributed by atoms with E-state index in [0.717, 1.165) is 27.3 Å². The first-order valence-electron chi connectivity index (χ1n) is 8.57. The van der Waals surface area contributed by atoms with E-state index < -0.39 is 0 Å². The van der Waals surface area contributed by atoms with Crippen molar-refractivity contribution in [2.24, 2.45) is 0 Å². The highest BCUT2D eigenvalue weighted by Gasteiger charge is 2.06. The van der Waals surface area contributed by atoms with Gasteiger partial charge in [-0.3, -0.25) is 4.79 Å². The van der Waals surface area contributed by atoms with Gasteiger partial charge in [-0.1, -0.05) is 0 Å². The van der Waals surface area contributed by atoms with Crippen molar-refractivity contribution in [2.75, 3.05) is 22.5 Å². The van der Waals surface area contributed by atoms with Gasteiger partial charge in [0, 0.05) is 33.1 Å². The van der Waals surface area contributed by atoms with E-state index in [-0.39, 0.29) is 5.91 Å². The summed E-state index contributed by atoms with van der Waals surface area (Å²) in [7, 11) is 0. The lowest BCUT2D eigenvalue weighted by Crippen LogP contribution is -2.11. The molecule has 1 amide bonds. The van der Waals surface area contributed by atoms with Crippen molar-refractivity contribution in [3.63, 3.8) is 0 Å². The lowest BCUT2D eigenvalue weighted by atomic mass is 10.2. The molecule has 0 aliphatic heterocycles. The fourth-order valence-electron chi connectivity index (χ4n) is 2.49.